The van der Waals surface area contributed by atoms with Crippen LogP contribution in [0.5, 0.6) is 0 Å². The Morgan fingerprint density at radius 2 is 2.00 bits per heavy atom. The van der Waals surface area contributed by atoms with Crippen molar-refractivity contribution in [2.24, 2.45) is 5.92 Å². The zero-order valence-corrected chi connectivity index (χ0v) is 13.2. The summed E-state index contributed by atoms with van der Waals surface area (Å²) < 4.78 is 4.15. The molecule has 1 aromatic rings. The second-order valence-electron chi connectivity index (χ2n) is 5.73. The molecule has 2 rings (SSSR count). The Morgan fingerprint density at radius 1 is 1.30 bits per heavy atom. The number of hydrogen-bond acceptors (Lipinski definition) is 4. The molecule has 1 heterocycles. The number of ether oxygens (including phenoxy) is 1. The lowest BCUT2D eigenvalue weighted by Crippen LogP contribution is -2.36. The van der Waals surface area contributed by atoms with E-state index >= 15 is 0 Å². The van der Waals surface area contributed by atoms with Crippen LogP contribution in [0.3, 0.4) is 0 Å². The van der Waals surface area contributed by atoms with Crippen molar-refractivity contribution >= 4 is 18.0 Å². The summed E-state index contributed by atoms with van der Waals surface area (Å²) in [6.45, 7) is 3.21. The monoisotopic (exact) mass is 319 g/mol. The van der Waals surface area contributed by atoms with Crippen LogP contribution in [-0.4, -0.2) is 34.6 Å². The van der Waals surface area contributed by atoms with E-state index in [4.69, 9.17) is 5.11 Å². The zero-order valence-electron chi connectivity index (χ0n) is 13.2. The molecule has 0 spiro atoms. The highest BCUT2D eigenvalue weighted by molar-refractivity contribution is 5.87. The first-order valence-corrected chi connectivity index (χ1v) is 7.80. The van der Waals surface area contributed by atoms with Gasteiger partial charge in [-0.15, -0.1) is 0 Å². The van der Waals surface area contributed by atoms with E-state index in [-0.39, 0.29) is 12.3 Å². The molecular weight excluding hydrogens is 298 g/mol. The van der Waals surface area contributed by atoms with Crippen LogP contribution in [0.4, 0.5) is 4.79 Å². The molecule has 0 aromatic heterocycles. The number of rotatable bonds is 5. The number of amides is 1. The van der Waals surface area contributed by atoms with Gasteiger partial charge in [-0.1, -0.05) is 37.6 Å². The van der Waals surface area contributed by atoms with Gasteiger partial charge in [0.1, 0.15) is 0 Å². The predicted octanol–water partition coefficient (Wildman–Crippen LogP) is 2.60. The topological polar surface area (TPSA) is 83.9 Å². The fourth-order valence-electron chi connectivity index (χ4n) is 2.84. The molecule has 6 heteroatoms. The fraction of sp³-hybridized carbons (Fsp3) is 0.471. The number of fused-ring (bicyclic) bond motifs is 1. The van der Waals surface area contributed by atoms with E-state index in [1.54, 1.807) is 4.90 Å². The maximum absolute atomic E-state index is 12.7. The van der Waals surface area contributed by atoms with Crippen LogP contribution < -0.4 is 0 Å². The highest BCUT2D eigenvalue weighted by Crippen LogP contribution is 2.25. The number of carbonyl (C=O) groups is 3. The molecule has 1 N–H and O–H groups in total. The lowest BCUT2D eigenvalue weighted by atomic mass is 9.94. The summed E-state index contributed by atoms with van der Waals surface area (Å²) in [6, 6.07) is 7.76. The summed E-state index contributed by atoms with van der Waals surface area (Å²) in [7, 11) is 0. The van der Waals surface area contributed by atoms with E-state index in [0.717, 1.165) is 24.0 Å². The molecule has 1 atom stereocenters. The van der Waals surface area contributed by atoms with E-state index in [2.05, 4.69) is 11.7 Å². The summed E-state index contributed by atoms with van der Waals surface area (Å²) in [5, 5.41) is 8.52. The van der Waals surface area contributed by atoms with Crippen LogP contribution in [0.1, 0.15) is 37.3 Å². The van der Waals surface area contributed by atoms with Crippen molar-refractivity contribution in [1.29, 1.82) is 0 Å². The van der Waals surface area contributed by atoms with Crippen molar-refractivity contribution in [2.75, 3.05) is 6.54 Å². The largest absolute Gasteiger partial charge is 0.513 e. The second-order valence-corrected chi connectivity index (χ2v) is 5.73. The van der Waals surface area contributed by atoms with Gasteiger partial charge in [-0.05, 0) is 24.0 Å². The molecule has 1 amide bonds. The number of esters is 1. The molecular formula is C17H21NO5. The Morgan fingerprint density at radius 3 is 2.65 bits per heavy atom. The van der Waals surface area contributed by atoms with Crippen LogP contribution >= 0.6 is 0 Å². The normalized spacial score (nSPS) is 17.3. The number of hydrogen-bond donors (Lipinski definition) is 1. The minimum absolute atomic E-state index is 0.114. The van der Waals surface area contributed by atoms with Gasteiger partial charge in [0.2, 0.25) is 5.91 Å². The molecule has 0 aliphatic carbocycles. The number of nitrogens with zero attached hydrogens (tertiary/aromatic N) is 1. The van der Waals surface area contributed by atoms with Gasteiger partial charge in [0.15, 0.2) is 0 Å². The fourth-order valence-corrected chi connectivity index (χ4v) is 2.84. The summed E-state index contributed by atoms with van der Waals surface area (Å²) in [5.41, 5.74) is 2.10. The minimum Gasteiger partial charge on any atom is -0.449 e. The molecule has 1 aromatic carbocycles. The van der Waals surface area contributed by atoms with Crippen LogP contribution in [0.2, 0.25) is 0 Å². The summed E-state index contributed by atoms with van der Waals surface area (Å²) in [4.78, 5) is 36.6. The molecule has 0 saturated heterocycles. The lowest BCUT2D eigenvalue weighted by Gasteiger charge is -2.24. The molecule has 124 valence electrons. The van der Waals surface area contributed by atoms with Gasteiger partial charge < -0.3 is 14.7 Å². The average Bonchev–Trinajstić information content (AvgIpc) is 2.62. The molecule has 0 fully saturated rings. The van der Waals surface area contributed by atoms with E-state index < -0.39 is 18.0 Å². The maximum atomic E-state index is 12.7. The Kier molecular flexibility index (Phi) is 5.73. The maximum Gasteiger partial charge on any atom is 0.513 e. The molecule has 1 unspecified atom stereocenters. The van der Waals surface area contributed by atoms with Crippen molar-refractivity contribution in [3.63, 3.8) is 0 Å². The third kappa shape index (κ3) is 4.55. The number of carboxylic acid groups (broad SMARTS) is 1. The Labute approximate surface area is 135 Å². The van der Waals surface area contributed by atoms with Gasteiger partial charge in [0.05, 0.1) is 12.3 Å². The quantitative estimate of drug-likeness (QED) is 0.666. The lowest BCUT2D eigenvalue weighted by molar-refractivity contribution is -0.145. The number of unbranched alkanes of at least 4 members (excludes halogenated alkanes) is 1. The number of benzene rings is 1. The number of carbonyl (C=O) groups excluding carboxylic acids is 2. The molecule has 6 nitrogen and oxygen atoms in total. The summed E-state index contributed by atoms with van der Waals surface area (Å²) >= 11 is 0. The van der Waals surface area contributed by atoms with Crippen molar-refractivity contribution in [3.05, 3.63) is 35.4 Å². The Hall–Kier alpha value is -2.37. The van der Waals surface area contributed by atoms with Crippen LogP contribution in [-0.2, 0) is 27.3 Å². The smallest absolute Gasteiger partial charge is 0.449 e. The van der Waals surface area contributed by atoms with E-state index in [1.165, 1.54) is 0 Å². The SMILES string of the molecule is CCCCN1Cc2ccccc2CC(CC(=O)OC(=O)O)C1=O. The minimum atomic E-state index is -1.64. The molecule has 1 aliphatic rings. The van der Waals surface area contributed by atoms with Crippen molar-refractivity contribution < 1.29 is 24.2 Å². The van der Waals surface area contributed by atoms with Gasteiger partial charge in [0, 0.05) is 13.1 Å². The third-order valence-corrected chi connectivity index (χ3v) is 4.00. The standard InChI is InChI=1S/C17H21NO5/c1-2-3-8-18-11-13-7-5-4-6-12(13)9-14(16(18)20)10-15(19)23-17(21)22/h4-7,14H,2-3,8-11H2,1H3,(H,21,22). The summed E-state index contributed by atoms with van der Waals surface area (Å²) in [5.74, 6) is -1.58. The van der Waals surface area contributed by atoms with Gasteiger partial charge in [-0.3, -0.25) is 9.59 Å². The van der Waals surface area contributed by atoms with Gasteiger partial charge in [-0.25, -0.2) is 4.79 Å². The van der Waals surface area contributed by atoms with Crippen molar-refractivity contribution in [2.45, 2.75) is 39.2 Å². The molecule has 0 radical (unpaired) electrons. The second kappa shape index (κ2) is 7.76. The van der Waals surface area contributed by atoms with Crippen molar-refractivity contribution in [1.82, 2.24) is 4.90 Å². The highest BCUT2D eigenvalue weighted by atomic mass is 16.7. The Balaban J connectivity index is 2.20. The Bertz CT molecular complexity index is 598. The first kappa shape index (κ1) is 17.0. The zero-order chi connectivity index (χ0) is 16.8. The first-order valence-electron chi connectivity index (χ1n) is 7.80. The van der Waals surface area contributed by atoms with E-state index in [1.807, 2.05) is 24.3 Å². The van der Waals surface area contributed by atoms with Gasteiger partial charge in [0.25, 0.3) is 0 Å². The first-order chi connectivity index (χ1) is 11.0. The van der Waals surface area contributed by atoms with Crippen LogP contribution in [0.15, 0.2) is 24.3 Å². The molecule has 0 bridgehead atoms. The molecule has 1 aliphatic heterocycles. The highest BCUT2D eigenvalue weighted by Gasteiger charge is 2.31. The van der Waals surface area contributed by atoms with E-state index in [9.17, 15) is 14.4 Å². The average molecular weight is 319 g/mol. The van der Waals surface area contributed by atoms with Gasteiger partial charge >= 0.3 is 12.1 Å². The van der Waals surface area contributed by atoms with Gasteiger partial charge in [-0.2, -0.15) is 0 Å². The van der Waals surface area contributed by atoms with Crippen LogP contribution in [0.25, 0.3) is 0 Å². The molecule has 0 saturated carbocycles. The van der Waals surface area contributed by atoms with E-state index in [0.29, 0.717) is 19.5 Å². The third-order valence-electron chi connectivity index (χ3n) is 4.00. The predicted molar refractivity (Wildman–Crippen MR) is 82.7 cm³/mol. The molecule has 23 heavy (non-hydrogen) atoms. The summed E-state index contributed by atoms with van der Waals surface area (Å²) in [6.07, 6.45) is 0.422. The van der Waals surface area contributed by atoms with Crippen LogP contribution in [0, 0.1) is 5.92 Å². The van der Waals surface area contributed by atoms with Crippen molar-refractivity contribution in [3.8, 4) is 0 Å².